The predicted octanol–water partition coefficient (Wildman–Crippen LogP) is 6.81. The Labute approximate surface area is 128 Å². The maximum absolute atomic E-state index is 14.7. The Hall–Kier alpha value is 0.917. The summed E-state index contributed by atoms with van der Waals surface area (Å²) in [5, 5.41) is 2.23. The van der Waals surface area contributed by atoms with Gasteiger partial charge in [-0.2, -0.15) is 4.20 Å². The Morgan fingerprint density at radius 2 is 1.26 bits per heavy atom. The van der Waals surface area contributed by atoms with E-state index in [1.165, 1.54) is 0 Å². The highest BCUT2D eigenvalue weighted by atomic mass is 35.7. The number of nitrogens with zero attached hydrogens (tertiary/aromatic N) is 1. The molecule has 0 radical (unpaired) electrons. The van der Waals surface area contributed by atoms with Crippen molar-refractivity contribution in [1.82, 2.24) is 5.09 Å². The number of rotatable bonds is 2. The Morgan fingerprint density at radius 3 is 1.47 bits per heavy atom. The molecule has 0 heterocycles. The first kappa shape index (κ1) is 19.9. The van der Waals surface area contributed by atoms with Gasteiger partial charge in [-0.05, 0) is 42.1 Å². The predicted molar refractivity (Wildman–Crippen MR) is 90.2 cm³/mol. The molecular weight excluding hydrogens is 321 g/mol. The summed E-state index contributed by atoms with van der Waals surface area (Å²) in [5.41, 5.74) is -0.435. The molecule has 0 saturated heterocycles. The molecule has 0 aromatic carbocycles. The average molecular weight is 349 g/mol. The largest absolute Gasteiger partial charge is 0.290 e. The Balaban J connectivity index is 5.84. The van der Waals surface area contributed by atoms with E-state index in [0.717, 1.165) is 0 Å². The highest BCUT2D eigenvalue weighted by Gasteiger charge is 2.54. The molecule has 0 aliphatic heterocycles. The molecule has 1 N–H and O–H groups in total. The van der Waals surface area contributed by atoms with Crippen molar-refractivity contribution >= 4 is 36.7 Å². The molecule has 0 spiro atoms. The minimum atomic E-state index is -3.60. The van der Waals surface area contributed by atoms with E-state index in [0.29, 0.717) is 0 Å². The van der Waals surface area contributed by atoms with Gasteiger partial charge in [-0.25, -0.2) is 5.09 Å². The number of nitrogens with one attached hydrogen (secondary N) is 1. The third-order valence-electron chi connectivity index (χ3n) is 2.72. The van der Waals surface area contributed by atoms with Gasteiger partial charge in [0.15, 0.2) is 0 Å². The summed E-state index contributed by atoms with van der Waals surface area (Å²) >= 11 is 12.9. The van der Waals surface area contributed by atoms with Crippen molar-refractivity contribution in [3.63, 3.8) is 0 Å². The fraction of sp³-hybridized carbons (Fsp3) is 1.00. The third kappa shape index (κ3) is 5.66. The highest BCUT2D eigenvalue weighted by molar-refractivity contribution is 7.86. The Morgan fingerprint density at radius 1 is 0.947 bits per heavy atom. The van der Waals surface area contributed by atoms with Gasteiger partial charge in [0.2, 0.25) is 0 Å². The number of halogens is 3. The third-order valence-corrected chi connectivity index (χ3v) is 14.8. The van der Waals surface area contributed by atoms with E-state index in [1.54, 1.807) is 0 Å². The van der Waals surface area contributed by atoms with Crippen LogP contribution < -0.4 is 5.09 Å². The van der Waals surface area contributed by atoms with Crippen LogP contribution in [-0.4, -0.2) is 13.1 Å². The van der Waals surface area contributed by atoms with E-state index >= 15 is 0 Å². The van der Waals surface area contributed by atoms with E-state index in [4.69, 9.17) is 22.3 Å². The van der Waals surface area contributed by atoms with Gasteiger partial charge in [0, 0.05) is 5.54 Å². The second-order valence-electron chi connectivity index (χ2n) is 8.07. The minimum Gasteiger partial charge on any atom is -0.266 e. The summed E-state index contributed by atoms with van der Waals surface area (Å²) in [4.78, 5) is 0. The van der Waals surface area contributed by atoms with Gasteiger partial charge in [-0.3, -0.25) is 4.41 Å². The molecule has 0 fully saturated rings. The number of hydrogen-bond donors (Lipinski definition) is 1. The topological polar surface area (TPSA) is 24.4 Å². The Kier molecular flexibility index (Phi) is 5.87. The maximum Gasteiger partial charge on any atom is 0.290 e. The van der Waals surface area contributed by atoms with E-state index in [2.05, 4.69) is 9.50 Å². The molecule has 1 atom stereocenters. The zero-order chi connectivity index (χ0) is 15.9. The van der Waals surface area contributed by atoms with Crippen LogP contribution in [0, 0.1) is 0 Å². The van der Waals surface area contributed by atoms with Crippen molar-refractivity contribution in [3.05, 3.63) is 0 Å². The van der Waals surface area contributed by atoms with Gasteiger partial charge < -0.3 is 0 Å². The zero-order valence-corrected chi connectivity index (χ0v) is 16.9. The van der Waals surface area contributed by atoms with Crippen LogP contribution in [-0.2, 0) is 0 Å². The second-order valence-corrected chi connectivity index (χ2v) is 17.3. The van der Waals surface area contributed by atoms with Crippen molar-refractivity contribution in [2.24, 2.45) is 4.41 Å². The van der Waals surface area contributed by atoms with Crippen LogP contribution in [0.15, 0.2) is 4.41 Å². The molecule has 0 rings (SSSR count). The van der Waals surface area contributed by atoms with Crippen LogP contribution in [0.1, 0.15) is 62.3 Å². The van der Waals surface area contributed by atoms with Crippen LogP contribution in [0.4, 0.5) is 4.20 Å². The summed E-state index contributed by atoms with van der Waals surface area (Å²) < 4.78 is 19.1. The van der Waals surface area contributed by atoms with Crippen molar-refractivity contribution in [2.45, 2.75) is 77.9 Å². The SMILES string of the molecule is CC(C)(C)NP(F)(Cl)=N[Si](Cl)(C(C)(C)C)C(C)(C)C. The van der Waals surface area contributed by atoms with Crippen LogP contribution in [0.3, 0.4) is 0 Å². The molecule has 2 nitrogen and oxygen atoms in total. The number of hydrogen-bond acceptors (Lipinski definition) is 1. The normalized spacial score (nSPS) is 18.1. The van der Waals surface area contributed by atoms with Crippen molar-refractivity contribution < 1.29 is 4.20 Å². The van der Waals surface area contributed by atoms with Gasteiger partial charge in [0.1, 0.15) is 0 Å². The molecule has 0 bridgehead atoms. The molecule has 0 aromatic rings. The highest BCUT2D eigenvalue weighted by Crippen LogP contribution is 2.63. The van der Waals surface area contributed by atoms with Gasteiger partial charge in [-0.1, -0.05) is 41.5 Å². The lowest BCUT2D eigenvalue weighted by atomic mass is 10.1. The molecule has 0 amide bonds. The lowest BCUT2D eigenvalue weighted by Gasteiger charge is -2.44. The van der Waals surface area contributed by atoms with Crippen LogP contribution in [0.2, 0.25) is 10.1 Å². The fourth-order valence-electron chi connectivity index (χ4n) is 2.03. The second kappa shape index (κ2) is 5.60. The zero-order valence-electron chi connectivity index (χ0n) is 13.5. The summed E-state index contributed by atoms with van der Waals surface area (Å²) in [6.07, 6.45) is 0. The molecule has 0 aromatic heterocycles. The van der Waals surface area contributed by atoms with Crippen molar-refractivity contribution in [3.8, 4) is 0 Å². The van der Waals surface area contributed by atoms with Crippen molar-refractivity contribution in [1.29, 1.82) is 0 Å². The maximum atomic E-state index is 14.7. The van der Waals surface area contributed by atoms with Crippen LogP contribution in [0.25, 0.3) is 0 Å². The van der Waals surface area contributed by atoms with Gasteiger partial charge in [0.05, 0.1) is 0 Å². The van der Waals surface area contributed by atoms with E-state index in [9.17, 15) is 4.20 Å². The van der Waals surface area contributed by atoms with Crippen LogP contribution >= 0.6 is 29.2 Å². The quantitative estimate of drug-likeness (QED) is 0.330. The lowest BCUT2D eigenvalue weighted by Crippen LogP contribution is -2.45. The van der Waals surface area contributed by atoms with Gasteiger partial charge in [0.25, 0.3) is 14.4 Å². The monoisotopic (exact) mass is 348 g/mol. The van der Waals surface area contributed by atoms with Gasteiger partial charge in [-0.15, -0.1) is 11.1 Å². The average Bonchev–Trinajstić information content (AvgIpc) is 1.92. The molecule has 0 aliphatic rings. The molecular formula is C12H28Cl2FN2PSi. The van der Waals surface area contributed by atoms with Crippen molar-refractivity contribution in [2.75, 3.05) is 0 Å². The fourth-order valence-corrected chi connectivity index (χ4v) is 12.1. The molecule has 7 heteroatoms. The smallest absolute Gasteiger partial charge is 0.266 e. The first-order valence-corrected chi connectivity index (χ1v) is 11.9. The first-order chi connectivity index (χ1) is 7.91. The lowest BCUT2D eigenvalue weighted by molar-refractivity contribution is 0.518. The summed E-state index contributed by atoms with van der Waals surface area (Å²) in [5.74, 6) is 0. The molecule has 116 valence electrons. The molecule has 0 aliphatic carbocycles. The summed E-state index contributed by atoms with van der Waals surface area (Å²) in [7, 11) is -2.81. The van der Waals surface area contributed by atoms with Gasteiger partial charge >= 0.3 is 0 Å². The molecule has 1 unspecified atom stereocenters. The summed E-state index contributed by atoms with van der Waals surface area (Å²) in [6, 6.07) is 0. The molecule has 0 saturated carbocycles. The first-order valence-electron chi connectivity index (χ1n) is 6.42. The van der Waals surface area contributed by atoms with E-state index in [1.807, 2.05) is 62.3 Å². The van der Waals surface area contributed by atoms with E-state index < -0.39 is 20.0 Å². The Bertz CT molecular complexity index is 361. The summed E-state index contributed by atoms with van der Waals surface area (Å²) in [6.45, 7) is 14.0. The van der Waals surface area contributed by atoms with E-state index in [-0.39, 0.29) is 10.1 Å². The minimum absolute atomic E-state index is 0.279. The van der Waals surface area contributed by atoms with Crippen LogP contribution in [0.5, 0.6) is 0 Å². The standard InChI is InChI=1S/C12H28Cl2FN2PSi/c1-10(2,3)16-18(13,15)17-19(14,11(4,5)6)12(7,8)9/h16H,1-9H3. The molecule has 19 heavy (non-hydrogen) atoms.